The molecule has 430 valence electrons. The van der Waals surface area contributed by atoms with Crippen molar-refractivity contribution < 1.29 is 28.6 Å². The molecule has 1 atom stereocenters. The largest absolute Gasteiger partial charge is 0.462 e. The number of carbonyl (C=O) groups is 3. The van der Waals surface area contributed by atoms with Gasteiger partial charge in [-0.2, -0.15) is 0 Å². The van der Waals surface area contributed by atoms with Gasteiger partial charge in [-0.15, -0.1) is 0 Å². The van der Waals surface area contributed by atoms with E-state index in [0.717, 1.165) is 109 Å². The van der Waals surface area contributed by atoms with E-state index in [9.17, 15) is 14.4 Å². The van der Waals surface area contributed by atoms with E-state index in [1.165, 1.54) is 77.0 Å². The zero-order valence-corrected chi connectivity index (χ0v) is 49.1. The second-order valence-corrected chi connectivity index (χ2v) is 19.5. The van der Waals surface area contributed by atoms with Crippen molar-refractivity contribution in [2.24, 2.45) is 0 Å². The fourth-order valence-corrected chi connectivity index (χ4v) is 7.75. The van der Waals surface area contributed by atoms with Gasteiger partial charge in [-0.3, -0.25) is 14.4 Å². The summed E-state index contributed by atoms with van der Waals surface area (Å²) >= 11 is 0. The van der Waals surface area contributed by atoms with Crippen LogP contribution >= 0.6 is 0 Å². The summed E-state index contributed by atoms with van der Waals surface area (Å²) in [6.07, 6.45) is 93.9. The average Bonchev–Trinajstić information content (AvgIpc) is 3.43. The summed E-state index contributed by atoms with van der Waals surface area (Å²) in [6, 6.07) is 0. The van der Waals surface area contributed by atoms with Crippen LogP contribution in [0.1, 0.15) is 239 Å². The SMILES string of the molecule is CC/C=C\C/C=C\C/C=C\C/C=C\C/C=C\C/C=C\C/C=C\C/C=C\C/C=C\CCCC(=O)OCC(COC(=O)CCCCCCCCCCCCCCCCC)OC(=O)C/C=C\C/C=C\C/C=C\C/C=C\C/C=C\CC. The summed E-state index contributed by atoms with van der Waals surface area (Å²) in [5, 5.41) is 0. The number of unbranched alkanes of at least 4 members (excludes halogenated alkanes) is 15. The van der Waals surface area contributed by atoms with Gasteiger partial charge in [-0.1, -0.05) is 281 Å². The molecule has 0 heterocycles. The van der Waals surface area contributed by atoms with Gasteiger partial charge in [0.05, 0.1) is 6.42 Å². The van der Waals surface area contributed by atoms with Gasteiger partial charge in [0.15, 0.2) is 6.10 Å². The topological polar surface area (TPSA) is 78.9 Å². The number of esters is 3. The van der Waals surface area contributed by atoms with Crippen molar-refractivity contribution >= 4 is 17.9 Å². The Hall–Kier alpha value is -5.23. The predicted octanol–water partition coefficient (Wildman–Crippen LogP) is 21.1. The van der Waals surface area contributed by atoms with Crippen molar-refractivity contribution in [3.8, 4) is 0 Å². The van der Waals surface area contributed by atoms with Gasteiger partial charge in [0.2, 0.25) is 0 Å². The van der Waals surface area contributed by atoms with Crippen molar-refractivity contribution in [3.05, 3.63) is 170 Å². The van der Waals surface area contributed by atoms with E-state index in [1.54, 1.807) is 6.08 Å². The second-order valence-electron chi connectivity index (χ2n) is 19.5. The molecular formula is C71H110O6. The molecule has 0 saturated carbocycles. The molecule has 0 saturated heterocycles. The smallest absolute Gasteiger partial charge is 0.310 e. The minimum absolute atomic E-state index is 0.0777. The lowest BCUT2D eigenvalue weighted by Crippen LogP contribution is -2.30. The Bertz CT molecular complexity index is 1790. The van der Waals surface area contributed by atoms with Gasteiger partial charge in [0.1, 0.15) is 13.2 Å². The molecule has 6 heteroatoms. The van der Waals surface area contributed by atoms with Gasteiger partial charge in [0.25, 0.3) is 0 Å². The van der Waals surface area contributed by atoms with E-state index in [0.29, 0.717) is 19.3 Å². The lowest BCUT2D eigenvalue weighted by Gasteiger charge is -2.18. The van der Waals surface area contributed by atoms with Gasteiger partial charge < -0.3 is 14.2 Å². The van der Waals surface area contributed by atoms with Crippen LogP contribution in [-0.4, -0.2) is 37.2 Å². The number of hydrogen-bond acceptors (Lipinski definition) is 6. The molecular weight excluding hydrogens is 949 g/mol. The summed E-state index contributed by atoms with van der Waals surface area (Å²) < 4.78 is 16.7. The van der Waals surface area contributed by atoms with E-state index in [4.69, 9.17) is 14.2 Å². The highest BCUT2D eigenvalue weighted by atomic mass is 16.6. The number of allylic oxidation sites excluding steroid dienone is 27. The first-order chi connectivity index (χ1) is 38.0. The highest BCUT2D eigenvalue weighted by Crippen LogP contribution is 2.14. The van der Waals surface area contributed by atoms with Crippen LogP contribution in [0.2, 0.25) is 0 Å². The van der Waals surface area contributed by atoms with Crippen LogP contribution in [0, 0.1) is 0 Å². The Morgan fingerprint density at radius 1 is 0.286 bits per heavy atom. The predicted molar refractivity (Wildman–Crippen MR) is 334 cm³/mol. The number of carbonyl (C=O) groups excluding carboxylic acids is 3. The summed E-state index contributed by atoms with van der Waals surface area (Å²) in [5.74, 6) is -1.14. The zero-order chi connectivity index (χ0) is 55.7. The molecule has 0 aromatic heterocycles. The molecule has 0 bridgehead atoms. The maximum Gasteiger partial charge on any atom is 0.310 e. The standard InChI is InChI=1S/C71H110O6/c1-4-7-10-13-16-19-22-25-28-29-30-31-32-33-34-35-36-37-38-39-40-41-44-46-49-52-55-58-61-64-70(73)76-67-68(77-71(74)65-62-59-56-53-50-47-43-27-24-21-18-15-12-9-6-3)66-75-69(72)63-60-57-54-51-48-45-42-26-23-20-17-14-11-8-5-2/h7,9-10,12,16,18-19,21,25,27-28,30-31,33-34,36-37,39-40,43-44,46,50,52-53,55,59,62,68H,4-6,8,11,13-15,17,20,22-24,26,29,32,35,38,41-42,45,47-49,51,54,56-58,60-61,63-67H2,1-3H3/b10-7-,12-9-,19-16-,21-18-,28-25-,31-30-,34-33-,37-36-,40-39-,43-27-,46-44-,53-50-,55-52-,62-59-. The van der Waals surface area contributed by atoms with Crippen LogP contribution in [0.3, 0.4) is 0 Å². The van der Waals surface area contributed by atoms with E-state index in [-0.39, 0.29) is 38.0 Å². The lowest BCUT2D eigenvalue weighted by molar-refractivity contribution is -0.166. The van der Waals surface area contributed by atoms with Gasteiger partial charge >= 0.3 is 17.9 Å². The third-order valence-corrected chi connectivity index (χ3v) is 12.2. The Kier molecular flexibility index (Phi) is 59.0. The van der Waals surface area contributed by atoms with Crippen LogP contribution in [-0.2, 0) is 28.6 Å². The number of rotatable bonds is 53. The molecule has 0 aliphatic rings. The van der Waals surface area contributed by atoms with E-state index < -0.39 is 12.1 Å². The van der Waals surface area contributed by atoms with Crippen LogP contribution in [0.15, 0.2) is 170 Å². The van der Waals surface area contributed by atoms with Crippen LogP contribution in [0.4, 0.5) is 0 Å². The van der Waals surface area contributed by atoms with Crippen LogP contribution in [0.5, 0.6) is 0 Å². The molecule has 0 N–H and O–H groups in total. The van der Waals surface area contributed by atoms with Gasteiger partial charge in [0, 0.05) is 12.8 Å². The molecule has 0 aliphatic heterocycles. The average molecular weight is 1060 g/mol. The first kappa shape index (κ1) is 71.8. The van der Waals surface area contributed by atoms with Crippen molar-refractivity contribution in [2.75, 3.05) is 13.2 Å². The highest BCUT2D eigenvalue weighted by molar-refractivity contribution is 5.72. The maximum atomic E-state index is 12.8. The Morgan fingerprint density at radius 3 is 0.857 bits per heavy atom. The first-order valence-corrected chi connectivity index (χ1v) is 30.6. The second kappa shape index (κ2) is 63.3. The fourth-order valence-electron chi connectivity index (χ4n) is 7.75. The van der Waals surface area contributed by atoms with Gasteiger partial charge in [-0.25, -0.2) is 0 Å². The molecule has 0 spiro atoms. The normalized spacial score (nSPS) is 13.3. The van der Waals surface area contributed by atoms with Gasteiger partial charge in [-0.05, 0) is 109 Å². The maximum absolute atomic E-state index is 12.8. The Labute approximate surface area is 472 Å². The minimum atomic E-state index is -0.864. The van der Waals surface area contributed by atoms with Crippen molar-refractivity contribution in [3.63, 3.8) is 0 Å². The molecule has 0 fully saturated rings. The van der Waals surface area contributed by atoms with Crippen molar-refractivity contribution in [1.82, 2.24) is 0 Å². The highest BCUT2D eigenvalue weighted by Gasteiger charge is 2.19. The summed E-state index contributed by atoms with van der Waals surface area (Å²) in [7, 11) is 0. The molecule has 0 rings (SSSR count). The molecule has 6 nitrogen and oxygen atoms in total. The molecule has 0 aromatic rings. The van der Waals surface area contributed by atoms with E-state index >= 15 is 0 Å². The van der Waals surface area contributed by atoms with E-state index in [1.807, 2.05) is 6.08 Å². The molecule has 1 unspecified atom stereocenters. The van der Waals surface area contributed by atoms with E-state index in [2.05, 4.69) is 179 Å². The summed E-state index contributed by atoms with van der Waals surface area (Å²) in [4.78, 5) is 38.1. The number of hydrogen-bond donors (Lipinski definition) is 0. The van der Waals surface area contributed by atoms with Crippen molar-refractivity contribution in [1.29, 1.82) is 0 Å². The zero-order valence-electron chi connectivity index (χ0n) is 49.1. The molecule has 0 aliphatic carbocycles. The van der Waals surface area contributed by atoms with Crippen molar-refractivity contribution in [2.45, 2.75) is 245 Å². The quantitative estimate of drug-likeness (QED) is 0.0261. The molecule has 0 aromatic carbocycles. The monoisotopic (exact) mass is 1060 g/mol. The summed E-state index contributed by atoms with van der Waals surface area (Å²) in [6.45, 7) is 6.27. The van der Waals surface area contributed by atoms with Crippen LogP contribution < -0.4 is 0 Å². The lowest BCUT2D eigenvalue weighted by atomic mass is 10.0. The molecule has 0 radical (unpaired) electrons. The Balaban J connectivity index is 4.53. The third kappa shape index (κ3) is 61.5. The molecule has 0 amide bonds. The van der Waals surface area contributed by atoms with Crippen LogP contribution in [0.25, 0.3) is 0 Å². The molecule has 77 heavy (non-hydrogen) atoms. The third-order valence-electron chi connectivity index (χ3n) is 12.2. The number of ether oxygens (including phenoxy) is 3. The summed E-state index contributed by atoms with van der Waals surface area (Å²) in [5.41, 5.74) is 0. The first-order valence-electron chi connectivity index (χ1n) is 30.6. The minimum Gasteiger partial charge on any atom is -0.462 e. The Morgan fingerprint density at radius 2 is 0.545 bits per heavy atom. The fraction of sp³-hybridized carbons (Fsp3) is 0.563.